The monoisotopic (exact) mass is 352 g/mol. The van der Waals surface area contributed by atoms with Gasteiger partial charge in [-0.1, -0.05) is 0 Å². The van der Waals surface area contributed by atoms with Gasteiger partial charge in [-0.3, -0.25) is 10.1 Å². The Balaban J connectivity index is 2.01. The highest BCUT2D eigenvalue weighted by Crippen LogP contribution is 2.37. The third-order valence-electron chi connectivity index (χ3n) is 3.87. The van der Waals surface area contributed by atoms with Gasteiger partial charge in [0.1, 0.15) is 0 Å². The Kier molecular flexibility index (Phi) is 4.95. The van der Waals surface area contributed by atoms with Crippen LogP contribution in [0.25, 0.3) is 0 Å². The first-order valence-electron chi connectivity index (χ1n) is 6.93. The Morgan fingerprint density at radius 2 is 1.61 bits per heavy atom. The predicted molar refractivity (Wildman–Crippen MR) is 75.2 cm³/mol. The van der Waals surface area contributed by atoms with Crippen LogP contribution in [0.15, 0.2) is 29.2 Å². The van der Waals surface area contributed by atoms with Crippen molar-refractivity contribution in [3.63, 3.8) is 0 Å². The van der Waals surface area contributed by atoms with Crippen molar-refractivity contribution in [2.45, 2.75) is 42.8 Å². The number of alkyl halides is 3. The van der Waals surface area contributed by atoms with Gasteiger partial charge in [-0.15, -0.1) is 0 Å². The lowest BCUT2D eigenvalue weighted by Gasteiger charge is -2.30. The minimum atomic E-state index is -4.25. The summed E-state index contributed by atoms with van der Waals surface area (Å²) in [5, 5.41) is 10.5. The van der Waals surface area contributed by atoms with E-state index in [2.05, 4.69) is 4.72 Å². The average molecular weight is 352 g/mol. The summed E-state index contributed by atoms with van der Waals surface area (Å²) >= 11 is 0. The van der Waals surface area contributed by atoms with Crippen LogP contribution in [0.4, 0.5) is 18.9 Å². The summed E-state index contributed by atoms with van der Waals surface area (Å²) in [6.07, 6.45) is -4.26. The van der Waals surface area contributed by atoms with Crippen LogP contribution in [0.5, 0.6) is 0 Å². The fourth-order valence-corrected chi connectivity index (χ4v) is 3.88. The molecule has 0 atom stereocenters. The van der Waals surface area contributed by atoms with Crippen molar-refractivity contribution < 1.29 is 26.5 Å². The Morgan fingerprint density at radius 3 is 2.04 bits per heavy atom. The Labute approximate surface area is 130 Å². The molecule has 2 rings (SSSR count). The lowest BCUT2D eigenvalue weighted by atomic mass is 9.86. The highest BCUT2D eigenvalue weighted by Gasteiger charge is 2.41. The van der Waals surface area contributed by atoms with Crippen LogP contribution in [-0.2, 0) is 10.0 Å². The first kappa shape index (κ1) is 17.7. The number of nitrogens with zero attached hydrogens (tertiary/aromatic N) is 1. The van der Waals surface area contributed by atoms with Gasteiger partial charge in [0.2, 0.25) is 10.0 Å². The van der Waals surface area contributed by atoms with Gasteiger partial charge >= 0.3 is 6.18 Å². The standard InChI is InChI=1S/C13H15F3N2O4S/c14-13(15,16)9-1-3-10(4-2-9)17-23(21,22)12-7-5-11(6-8-12)18(19)20/h5-10,17H,1-4H2. The maximum absolute atomic E-state index is 12.6. The molecule has 0 aliphatic heterocycles. The molecule has 10 heteroatoms. The number of benzene rings is 1. The number of rotatable bonds is 4. The van der Waals surface area contributed by atoms with E-state index in [-0.39, 0.29) is 36.3 Å². The zero-order chi connectivity index (χ0) is 17.3. The maximum atomic E-state index is 12.6. The first-order chi connectivity index (χ1) is 10.6. The van der Waals surface area contributed by atoms with Crippen LogP contribution in [0.2, 0.25) is 0 Å². The highest BCUT2D eigenvalue weighted by molar-refractivity contribution is 7.89. The van der Waals surface area contributed by atoms with Gasteiger partial charge in [0.25, 0.3) is 5.69 Å². The normalized spacial score (nSPS) is 22.7. The number of sulfonamides is 1. The van der Waals surface area contributed by atoms with Gasteiger partial charge in [0.05, 0.1) is 15.7 Å². The van der Waals surface area contributed by atoms with Crippen molar-refractivity contribution in [3.8, 4) is 0 Å². The molecule has 0 saturated heterocycles. The molecular weight excluding hydrogens is 337 g/mol. The van der Waals surface area contributed by atoms with E-state index < -0.39 is 33.1 Å². The van der Waals surface area contributed by atoms with E-state index in [1.807, 2.05) is 0 Å². The summed E-state index contributed by atoms with van der Waals surface area (Å²) in [4.78, 5) is 9.74. The summed E-state index contributed by atoms with van der Waals surface area (Å²) in [6, 6.07) is 3.77. The van der Waals surface area contributed by atoms with Gasteiger partial charge in [0, 0.05) is 18.2 Å². The van der Waals surface area contributed by atoms with E-state index in [1.165, 1.54) is 0 Å². The van der Waals surface area contributed by atoms with Crippen LogP contribution >= 0.6 is 0 Å². The molecule has 6 nitrogen and oxygen atoms in total. The average Bonchev–Trinajstić information content (AvgIpc) is 2.46. The van der Waals surface area contributed by atoms with Crippen molar-refractivity contribution in [3.05, 3.63) is 34.4 Å². The number of hydrogen-bond donors (Lipinski definition) is 1. The van der Waals surface area contributed by atoms with Crippen LogP contribution in [0, 0.1) is 16.0 Å². The predicted octanol–water partition coefficient (Wildman–Crippen LogP) is 2.99. The summed E-state index contributed by atoms with van der Waals surface area (Å²) in [6.45, 7) is 0. The van der Waals surface area contributed by atoms with Gasteiger partial charge in [-0.05, 0) is 37.8 Å². The topological polar surface area (TPSA) is 89.3 Å². The molecule has 23 heavy (non-hydrogen) atoms. The fourth-order valence-electron chi connectivity index (χ4n) is 2.57. The third kappa shape index (κ3) is 4.41. The van der Waals surface area contributed by atoms with E-state index >= 15 is 0 Å². The Hall–Kier alpha value is -1.68. The van der Waals surface area contributed by atoms with Crippen molar-refractivity contribution in [2.75, 3.05) is 0 Å². The first-order valence-corrected chi connectivity index (χ1v) is 8.41. The molecule has 128 valence electrons. The van der Waals surface area contributed by atoms with Crippen molar-refractivity contribution in [1.29, 1.82) is 0 Å². The molecule has 1 N–H and O–H groups in total. The van der Waals surface area contributed by atoms with Crippen LogP contribution in [0.3, 0.4) is 0 Å². The molecular formula is C13H15F3N2O4S. The summed E-state index contributed by atoms with van der Waals surface area (Å²) in [5.41, 5.74) is -0.241. The molecule has 1 saturated carbocycles. The van der Waals surface area contributed by atoms with Gasteiger partial charge in [-0.2, -0.15) is 13.2 Å². The van der Waals surface area contributed by atoms with E-state index in [0.29, 0.717) is 0 Å². The van der Waals surface area contributed by atoms with E-state index in [1.54, 1.807) is 0 Å². The molecule has 0 aromatic heterocycles. The van der Waals surface area contributed by atoms with Gasteiger partial charge in [0.15, 0.2) is 0 Å². The van der Waals surface area contributed by atoms with Crippen molar-refractivity contribution >= 4 is 15.7 Å². The number of nitro benzene ring substituents is 1. The number of hydrogen-bond acceptors (Lipinski definition) is 4. The minimum absolute atomic E-state index is 0.108. The quantitative estimate of drug-likeness (QED) is 0.666. The lowest BCUT2D eigenvalue weighted by Crippen LogP contribution is -2.39. The van der Waals surface area contributed by atoms with Crippen LogP contribution < -0.4 is 4.72 Å². The molecule has 0 bridgehead atoms. The van der Waals surface area contributed by atoms with Crippen LogP contribution in [-0.4, -0.2) is 25.6 Å². The zero-order valence-corrected chi connectivity index (χ0v) is 12.7. The maximum Gasteiger partial charge on any atom is 0.391 e. The van der Waals surface area contributed by atoms with Crippen molar-refractivity contribution in [2.24, 2.45) is 5.92 Å². The second kappa shape index (κ2) is 6.44. The molecule has 0 amide bonds. The van der Waals surface area contributed by atoms with Crippen molar-refractivity contribution in [1.82, 2.24) is 4.72 Å². The molecule has 0 radical (unpaired) electrons. The van der Waals surface area contributed by atoms with E-state index in [0.717, 1.165) is 24.3 Å². The second-order valence-corrected chi connectivity index (χ2v) is 7.18. The second-order valence-electron chi connectivity index (χ2n) is 5.46. The molecule has 1 aromatic carbocycles. The van der Waals surface area contributed by atoms with E-state index in [4.69, 9.17) is 0 Å². The summed E-state index contributed by atoms with van der Waals surface area (Å²) in [5.74, 6) is -1.39. The molecule has 0 heterocycles. The minimum Gasteiger partial charge on any atom is -0.258 e. The van der Waals surface area contributed by atoms with E-state index in [9.17, 15) is 31.7 Å². The third-order valence-corrected chi connectivity index (χ3v) is 5.41. The molecule has 1 fully saturated rings. The Bertz CT molecular complexity index is 665. The summed E-state index contributed by atoms with van der Waals surface area (Å²) in [7, 11) is -3.91. The molecule has 1 aliphatic rings. The zero-order valence-electron chi connectivity index (χ0n) is 11.9. The van der Waals surface area contributed by atoms with Gasteiger partial charge < -0.3 is 0 Å². The number of nitrogens with one attached hydrogen (secondary N) is 1. The molecule has 1 aromatic rings. The largest absolute Gasteiger partial charge is 0.391 e. The lowest BCUT2D eigenvalue weighted by molar-refractivity contribution is -0.384. The number of nitro groups is 1. The SMILES string of the molecule is O=[N+]([O-])c1ccc(S(=O)(=O)NC2CCC(C(F)(F)F)CC2)cc1. The Morgan fingerprint density at radius 1 is 1.09 bits per heavy atom. The van der Waals surface area contributed by atoms with Crippen LogP contribution in [0.1, 0.15) is 25.7 Å². The smallest absolute Gasteiger partial charge is 0.258 e. The molecule has 0 spiro atoms. The molecule has 0 unspecified atom stereocenters. The van der Waals surface area contributed by atoms with Gasteiger partial charge in [-0.25, -0.2) is 13.1 Å². The highest BCUT2D eigenvalue weighted by atomic mass is 32.2. The fraction of sp³-hybridized carbons (Fsp3) is 0.538. The summed E-state index contributed by atoms with van der Waals surface area (Å²) < 4.78 is 64.4. The number of non-ortho nitro benzene ring substituents is 1. The number of halogens is 3. The molecule has 1 aliphatic carbocycles.